The first-order valence-corrected chi connectivity index (χ1v) is 20.8. The van der Waals surface area contributed by atoms with E-state index in [1.807, 2.05) is 58.0 Å². The molecule has 3 heterocycles. The summed E-state index contributed by atoms with van der Waals surface area (Å²) in [6.45, 7) is 10.6. The SMILES string of the molecule is CC(C)(Cc1ccc2c3cc[c-]c4c3n(c2c1)c1cccc2c3cc5cc(-c6ccccc6)ccc5[c-]c3n4c21)C(F)(F)F.CCC(CC)C(=O)/C=C(\O)C(CC)CC.[Ir]. The number of aliphatic hydroxyl groups excluding tert-OH is 1. The average molecular weight is 983 g/mol. The van der Waals surface area contributed by atoms with Gasteiger partial charge < -0.3 is 13.9 Å². The van der Waals surface area contributed by atoms with Gasteiger partial charge in [-0.2, -0.15) is 31.4 Å². The van der Waals surface area contributed by atoms with E-state index in [0.29, 0.717) is 5.56 Å². The van der Waals surface area contributed by atoms with Crippen molar-refractivity contribution in [2.45, 2.75) is 79.8 Å². The third-order valence-electron chi connectivity index (χ3n) is 12.4. The third kappa shape index (κ3) is 7.36. The largest absolute Gasteiger partial charge is 0.512 e. The Bertz CT molecular complexity index is 3020. The molecule has 3 aromatic heterocycles. The second-order valence-corrected chi connectivity index (χ2v) is 16.5. The molecular formula is C52H49F3IrN2O2-2. The van der Waals surface area contributed by atoms with Gasteiger partial charge in [0, 0.05) is 43.5 Å². The molecule has 4 nitrogen and oxygen atoms in total. The van der Waals surface area contributed by atoms with Crippen LogP contribution in [0.4, 0.5) is 13.2 Å². The van der Waals surface area contributed by atoms with Crippen LogP contribution in [-0.2, 0) is 31.3 Å². The molecular weight excluding hydrogens is 934 g/mol. The van der Waals surface area contributed by atoms with Crippen LogP contribution in [0.2, 0.25) is 0 Å². The van der Waals surface area contributed by atoms with Crippen LogP contribution in [-0.4, -0.2) is 25.9 Å². The van der Waals surface area contributed by atoms with Crippen LogP contribution >= 0.6 is 0 Å². The molecule has 0 fully saturated rings. The number of carbonyl (C=O) groups is 1. The summed E-state index contributed by atoms with van der Waals surface area (Å²) >= 11 is 0. The van der Waals surface area contributed by atoms with E-state index in [9.17, 15) is 23.1 Å². The van der Waals surface area contributed by atoms with Gasteiger partial charge in [0.25, 0.3) is 0 Å². The molecule has 1 N–H and O–H groups in total. The molecule has 0 saturated heterocycles. The minimum atomic E-state index is -4.29. The molecule has 0 aliphatic carbocycles. The number of fused-ring (bicyclic) bond motifs is 9. The average Bonchev–Trinajstić information content (AvgIpc) is 3.73. The minimum Gasteiger partial charge on any atom is -0.512 e. The van der Waals surface area contributed by atoms with Crippen LogP contribution < -0.4 is 0 Å². The van der Waals surface area contributed by atoms with Gasteiger partial charge in [-0.25, -0.2) is 0 Å². The van der Waals surface area contributed by atoms with Crippen molar-refractivity contribution in [1.29, 1.82) is 0 Å². The van der Waals surface area contributed by atoms with E-state index in [0.717, 1.165) is 96.7 Å². The molecule has 0 aliphatic heterocycles. The summed E-state index contributed by atoms with van der Waals surface area (Å²) in [5.41, 5.74) is 7.02. The van der Waals surface area contributed by atoms with Crippen LogP contribution in [0.15, 0.2) is 115 Å². The van der Waals surface area contributed by atoms with E-state index in [4.69, 9.17) is 0 Å². The Kier molecular flexibility index (Phi) is 12.0. The number of benzene rings is 6. The molecule has 9 rings (SSSR count). The summed E-state index contributed by atoms with van der Waals surface area (Å²) in [7, 11) is 0. The fourth-order valence-corrected chi connectivity index (χ4v) is 8.86. The Hall–Kier alpha value is -5.17. The van der Waals surface area contributed by atoms with Gasteiger partial charge in [0.15, 0.2) is 5.78 Å². The molecule has 0 saturated carbocycles. The summed E-state index contributed by atoms with van der Waals surface area (Å²) in [5.74, 6) is 0.547. The van der Waals surface area contributed by atoms with Crippen molar-refractivity contribution in [2.75, 3.05) is 0 Å². The number of alkyl halides is 3. The molecule has 0 amide bonds. The number of allylic oxidation sites excluding steroid dienone is 2. The fraction of sp³-hybridized carbons (Fsp3) is 0.288. The Labute approximate surface area is 362 Å². The number of hydrogen-bond acceptors (Lipinski definition) is 2. The van der Waals surface area contributed by atoms with Crippen molar-refractivity contribution >= 4 is 71.2 Å². The van der Waals surface area contributed by atoms with E-state index >= 15 is 0 Å². The first kappa shape index (κ1) is 42.9. The summed E-state index contributed by atoms with van der Waals surface area (Å²) in [5, 5.41) is 16.2. The van der Waals surface area contributed by atoms with Gasteiger partial charge in [-0.3, -0.25) is 4.79 Å². The van der Waals surface area contributed by atoms with Gasteiger partial charge in [-0.15, -0.1) is 34.4 Å². The first-order chi connectivity index (χ1) is 28.3. The first-order valence-electron chi connectivity index (χ1n) is 20.8. The molecule has 0 spiro atoms. The molecule has 60 heavy (non-hydrogen) atoms. The van der Waals surface area contributed by atoms with Gasteiger partial charge in [0.05, 0.1) is 22.2 Å². The van der Waals surface area contributed by atoms with Gasteiger partial charge in [-0.05, 0) is 88.2 Å². The van der Waals surface area contributed by atoms with Crippen molar-refractivity contribution in [3.05, 3.63) is 133 Å². The van der Waals surface area contributed by atoms with Crippen LogP contribution in [0, 0.1) is 29.4 Å². The number of carbonyl (C=O) groups excluding carboxylic acids is 1. The molecule has 0 unspecified atom stereocenters. The summed E-state index contributed by atoms with van der Waals surface area (Å²) < 4.78 is 46.0. The van der Waals surface area contributed by atoms with Gasteiger partial charge in [0.1, 0.15) is 0 Å². The topological polar surface area (TPSA) is 46.1 Å². The van der Waals surface area contributed by atoms with Crippen molar-refractivity contribution in [2.24, 2.45) is 17.3 Å². The van der Waals surface area contributed by atoms with Gasteiger partial charge >= 0.3 is 6.18 Å². The maximum atomic E-state index is 13.8. The maximum Gasteiger partial charge on any atom is 0.394 e. The number of rotatable bonds is 10. The second kappa shape index (κ2) is 16.7. The third-order valence-corrected chi connectivity index (χ3v) is 12.4. The Morgan fingerprint density at radius 2 is 1.40 bits per heavy atom. The van der Waals surface area contributed by atoms with Crippen molar-refractivity contribution in [3.8, 4) is 11.1 Å². The van der Waals surface area contributed by atoms with Crippen molar-refractivity contribution < 1.29 is 43.2 Å². The zero-order valence-corrected chi connectivity index (χ0v) is 37.2. The number of halogens is 3. The molecule has 1 radical (unpaired) electrons. The van der Waals surface area contributed by atoms with Crippen molar-refractivity contribution in [3.63, 3.8) is 0 Å². The predicted octanol–water partition coefficient (Wildman–Crippen LogP) is 14.7. The monoisotopic (exact) mass is 983 g/mol. The minimum absolute atomic E-state index is 0. The zero-order chi connectivity index (χ0) is 41.8. The molecule has 6 aromatic carbocycles. The number of aromatic nitrogens is 2. The van der Waals surface area contributed by atoms with Crippen LogP contribution in [0.3, 0.4) is 0 Å². The van der Waals surface area contributed by atoms with Crippen LogP contribution in [0.5, 0.6) is 0 Å². The second-order valence-electron chi connectivity index (χ2n) is 16.5. The molecule has 9 aromatic rings. The van der Waals surface area contributed by atoms with E-state index < -0.39 is 11.6 Å². The number of aliphatic hydroxyl groups is 1. The molecule has 0 bridgehead atoms. The number of hydrogen-bond donors (Lipinski definition) is 1. The molecule has 8 heteroatoms. The Morgan fingerprint density at radius 1 is 0.700 bits per heavy atom. The maximum absolute atomic E-state index is 13.8. The van der Waals surface area contributed by atoms with E-state index in [1.54, 1.807) is 0 Å². The standard InChI is InChI=1S/C39H25F3N2.C13H24O2.Ir/c1-38(2,39(40,41)42)22-23-14-17-28-29-10-6-12-32-36(29)43(34(28)18-23)33-13-7-11-30-31-20-27-19-25(24-8-4-3-5-9-24)15-16-26(27)21-35(31)44(32)37(30)33;1-5-10(6-2)12(14)9-13(15)11(7-3)8-4;/h3-11,13-20H,22H2,1-2H3;9-11,14H,5-8H2,1-4H3;/q-2;;/b;12-9-;. The Morgan fingerprint density at radius 3 is 2.08 bits per heavy atom. The Balaban J connectivity index is 0.000000294. The smallest absolute Gasteiger partial charge is 0.394 e. The summed E-state index contributed by atoms with van der Waals surface area (Å²) in [4.78, 5) is 11.7. The number of ketones is 1. The normalized spacial score (nSPS) is 12.8. The van der Waals surface area contributed by atoms with Crippen LogP contribution in [0.25, 0.3) is 76.5 Å². The van der Waals surface area contributed by atoms with E-state index in [1.165, 1.54) is 25.5 Å². The summed E-state index contributed by atoms with van der Waals surface area (Å²) in [6.07, 6.45) is 0.518. The van der Waals surface area contributed by atoms with Crippen LogP contribution in [0.1, 0.15) is 72.8 Å². The fourth-order valence-electron chi connectivity index (χ4n) is 8.86. The molecule has 0 aliphatic rings. The molecule has 311 valence electrons. The predicted molar refractivity (Wildman–Crippen MR) is 238 cm³/mol. The number of nitrogens with zero attached hydrogens (tertiary/aromatic N) is 2. The van der Waals surface area contributed by atoms with Gasteiger partial charge in [-0.1, -0.05) is 114 Å². The zero-order valence-electron chi connectivity index (χ0n) is 34.8. The van der Waals surface area contributed by atoms with E-state index in [-0.39, 0.29) is 49.9 Å². The number of para-hydroxylation sites is 1. The summed E-state index contributed by atoms with van der Waals surface area (Å²) in [6, 6.07) is 42.5. The van der Waals surface area contributed by atoms with Gasteiger partial charge in [0.2, 0.25) is 0 Å². The van der Waals surface area contributed by atoms with E-state index in [2.05, 4.69) is 93.7 Å². The molecule has 0 atom stereocenters. The van der Waals surface area contributed by atoms with Crippen molar-refractivity contribution in [1.82, 2.24) is 8.80 Å². The quantitative estimate of drug-likeness (QED) is 0.0642.